The Morgan fingerprint density at radius 2 is 2.10 bits per heavy atom. The minimum Gasteiger partial charge on any atom is -0.478 e. The highest BCUT2D eigenvalue weighted by molar-refractivity contribution is 9.10. The maximum Gasteiger partial charge on any atom is 0.335 e. The lowest BCUT2D eigenvalue weighted by Gasteiger charge is -2.14. The van der Waals surface area contributed by atoms with Crippen LogP contribution < -0.4 is 10.6 Å². The summed E-state index contributed by atoms with van der Waals surface area (Å²) in [6, 6.07) is 5.87. The van der Waals surface area contributed by atoms with Crippen molar-refractivity contribution in [1.29, 1.82) is 0 Å². The predicted octanol–water partition coefficient (Wildman–Crippen LogP) is 4.09. The summed E-state index contributed by atoms with van der Waals surface area (Å²) < 4.78 is 0.617. The van der Waals surface area contributed by atoms with Gasteiger partial charge < -0.3 is 15.7 Å². The number of benzene rings is 1. The minimum atomic E-state index is -1.04. The topological polar surface area (TPSA) is 78.4 Å². The number of hydrogen-bond acceptors (Lipinski definition) is 3. The number of rotatable bonds is 4. The Labute approximate surface area is 134 Å². The van der Waals surface area contributed by atoms with Gasteiger partial charge in [-0.05, 0) is 63.4 Å². The van der Waals surface area contributed by atoms with Crippen LogP contribution in [0, 0.1) is 0 Å². The molecule has 2 rings (SSSR count). The van der Waals surface area contributed by atoms with Gasteiger partial charge in [-0.1, -0.05) is 0 Å². The Kier molecular flexibility index (Phi) is 4.98. The Bertz CT molecular complexity index is 658. The molecule has 2 aromatic rings. The van der Waals surface area contributed by atoms with Gasteiger partial charge in [0.15, 0.2) is 0 Å². The van der Waals surface area contributed by atoms with E-state index in [1.165, 1.54) is 12.1 Å². The SMILES string of the molecule is CC(NC(=O)Nc1cc(C(=O)O)ccc1Br)c1ccsc1. The van der Waals surface area contributed by atoms with Crippen molar-refractivity contribution in [3.8, 4) is 0 Å². The van der Waals surface area contributed by atoms with Crippen molar-refractivity contribution in [1.82, 2.24) is 5.32 Å². The van der Waals surface area contributed by atoms with E-state index in [0.29, 0.717) is 10.2 Å². The van der Waals surface area contributed by atoms with E-state index in [9.17, 15) is 9.59 Å². The minimum absolute atomic E-state index is 0.111. The molecule has 0 aliphatic rings. The number of anilines is 1. The standard InChI is InChI=1S/C14H13BrN2O3S/c1-8(10-4-5-21-7-10)16-14(20)17-12-6-9(13(18)19)2-3-11(12)15/h2-8H,1H3,(H,18,19)(H2,16,17,20). The third-order valence-electron chi connectivity index (χ3n) is 2.85. The maximum absolute atomic E-state index is 12.0. The van der Waals surface area contributed by atoms with Gasteiger partial charge in [-0.3, -0.25) is 0 Å². The van der Waals surface area contributed by atoms with Crippen LogP contribution in [0.2, 0.25) is 0 Å². The number of carboxylic acids is 1. The van der Waals surface area contributed by atoms with Crippen LogP contribution in [0.15, 0.2) is 39.5 Å². The molecule has 1 aromatic heterocycles. The zero-order valence-electron chi connectivity index (χ0n) is 11.1. The smallest absolute Gasteiger partial charge is 0.335 e. The summed E-state index contributed by atoms with van der Waals surface area (Å²) in [5.41, 5.74) is 1.54. The summed E-state index contributed by atoms with van der Waals surface area (Å²) >= 11 is 4.84. The van der Waals surface area contributed by atoms with Crippen molar-refractivity contribution in [2.45, 2.75) is 13.0 Å². The van der Waals surface area contributed by atoms with E-state index in [-0.39, 0.29) is 11.6 Å². The van der Waals surface area contributed by atoms with Crippen LogP contribution in [0.4, 0.5) is 10.5 Å². The molecule has 1 atom stereocenters. The van der Waals surface area contributed by atoms with Crippen molar-refractivity contribution < 1.29 is 14.7 Å². The molecule has 0 saturated heterocycles. The quantitative estimate of drug-likeness (QED) is 0.760. The molecule has 1 heterocycles. The number of aromatic carboxylic acids is 1. The highest BCUT2D eigenvalue weighted by atomic mass is 79.9. The number of nitrogens with one attached hydrogen (secondary N) is 2. The zero-order valence-corrected chi connectivity index (χ0v) is 13.5. The van der Waals surface area contributed by atoms with Gasteiger partial charge in [0.1, 0.15) is 0 Å². The summed E-state index contributed by atoms with van der Waals surface area (Å²) in [7, 11) is 0. The first-order valence-corrected chi connectivity index (χ1v) is 7.83. The van der Waals surface area contributed by atoms with Crippen molar-refractivity contribution in [3.63, 3.8) is 0 Å². The normalized spacial score (nSPS) is 11.7. The van der Waals surface area contributed by atoms with Gasteiger partial charge in [-0.2, -0.15) is 11.3 Å². The van der Waals surface area contributed by atoms with E-state index >= 15 is 0 Å². The maximum atomic E-state index is 12.0. The van der Waals surface area contributed by atoms with Gasteiger partial charge in [-0.25, -0.2) is 9.59 Å². The summed E-state index contributed by atoms with van der Waals surface area (Å²) in [5.74, 6) is -1.04. The van der Waals surface area contributed by atoms with E-state index in [0.717, 1.165) is 5.56 Å². The average molecular weight is 369 g/mol. The molecular weight excluding hydrogens is 356 g/mol. The molecule has 0 fully saturated rings. The summed E-state index contributed by atoms with van der Waals surface area (Å²) in [5, 5.41) is 18.3. The molecule has 0 saturated carbocycles. The lowest BCUT2D eigenvalue weighted by molar-refractivity contribution is 0.0697. The molecule has 2 amide bonds. The van der Waals surface area contributed by atoms with Crippen molar-refractivity contribution in [2.24, 2.45) is 0 Å². The van der Waals surface area contributed by atoms with Crippen molar-refractivity contribution in [2.75, 3.05) is 5.32 Å². The van der Waals surface area contributed by atoms with Crippen LogP contribution in [0.25, 0.3) is 0 Å². The largest absolute Gasteiger partial charge is 0.478 e. The van der Waals surface area contributed by atoms with Crippen LogP contribution in [0.5, 0.6) is 0 Å². The molecule has 0 bridgehead atoms. The Balaban J connectivity index is 2.05. The van der Waals surface area contributed by atoms with Gasteiger partial charge in [0.05, 0.1) is 17.3 Å². The second-order valence-electron chi connectivity index (χ2n) is 4.38. The number of carboxylic acid groups (broad SMARTS) is 1. The third-order valence-corrected chi connectivity index (χ3v) is 4.25. The van der Waals surface area contributed by atoms with Crippen molar-refractivity contribution in [3.05, 3.63) is 50.6 Å². The van der Waals surface area contributed by atoms with Crippen LogP contribution in [-0.4, -0.2) is 17.1 Å². The molecule has 1 aromatic carbocycles. The Morgan fingerprint density at radius 3 is 2.71 bits per heavy atom. The fourth-order valence-electron chi connectivity index (χ4n) is 1.71. The number of hydrogen-bond donors (Lipinski definition) is 3. The third kappa shape index (κ3) is 4.05. The lowest BCUT2D eigenvalue weighted by atomic mass is 10.2. The van der Waals surface area contributed by atoms with E-state index in [2.05, 4.69) is 26.6 Å². The van der Waals surface area contributed by atoms with Gasteiger partial charge in [-0.15, -0.1) is 0 Å². The van der Waals surface area contributed by atoms with E-state index in [1.54, 1.807) is 17.4 Å². The summed E-state index contributed by atoms with van der Waals surface area (Å²) in [6.07, 6.45) is 0. The zero-order chi connectivity index (χ0) is 15.4. The molecule has 0 aliphatic carbocycles. The lowest BCUT2D eigenvalue weighted by Crippen LogP contribution is -2.31. The Hall–Kier alpha value is -1.86. The monoisotopic (exact) mass is 368 g/mol. The van der Waals surface area contributed by atoms with Crippen molar-refractivity contribution >= 4 is 45.0 Å². The molecule has 5 nitrogen and oxygen atoms in total. The molecule has 0 spiro atoms. The summed E-state index contributed by atoms with van der Waals surface area (Å²) in [6.45, 7) is 1.88. The predicted molar refractivity (Wildman–Crippen MR) is 86.0 cm³/mol. The average Bonchev–Trinajstić information content (AvgIpc) is 2.95. The van der Waals surface area contributed by atoms with E-state index in [4.69, 9.17) is 5.11 Å². The number of urea groups is 1. The first kappa shape index (κ1) is 15.5. The highest BCUT2D eigenvalue weighted by Gasteiger charge is 2.12. The number of halogens is 1. The van der Waals surface area contributed by atoms with Gasteiger partial charge in [0.25, 0.3) is 0 Å². The molecular formula is C14H13BrN2O3S. The Morgan fingerprint density at radius 1 is 1.33 bits per heavy atom. The van der Waals surface area contributed by atoms with Crippen LogP contribution in [0.1, 0.15) is 28.9 Å². The second kappa shape index (κ2) is 6.73. The van der Waals surface area contributed by atoms with Gasteiger partial charge in [0, 0.05) is 4.47 Å². The fraction of sp³-hybridized carbons (Fsp3) is 0.143. The first-order chi connectivity index (χ1) is 9.97. The molecule has 110 valence electrons. The first-order valence-electron chi connectivity index (χ1n) is 6.10. The number of carbonyl (C=O) groups is 2. The van der Waals surface area contributed by atoms with Crippen LogP contribution >= 0.6 is 27.3 Å². The molecule has 0 radical (unpaired) electrons. The highest BCUT2D eigenvalue weighted by Crippen LogP contribution is 2.24. The molecule has 21 heavy (non-hydrogen) atoms. The van der Waals surface area contributed by atoms with E-state index < -0.39 is 12.0 Å². The summed E-state index contributed by atoms with van der Waals surface area (Å²) in [4.78, 5) is 22.9. The fourth-order valence-corrected chi connectivity index (χ4v) is 2.81. The van der Waals surface area contributed by atoms with Crippen LogP contribution in [0.3, 0.4) is 0 Å². The number of carbonyl (C=O) groups excluding carboxylic acids is 1. The molecule has 7 heteroatoms. The van der Waals surface area contributed by atoms with Gasteiger partial charge >= 0.3 is 12.0 Å². The molecule has 0 aliphatic heterocycles. The second-order valence-corrected chi connectivity index (χ2v) is 6.01. The van der Waals surface area contributed by atoms with Crippen LogP contribution in [-0.2, 0) is 0 Å². The number of thiophene rings is 1. The number of amides is 2. The molecule has 1 unspecified atom stereocenters. The van der Waals surface area contributed by atoms with E-state index in [1.807, 2.05) is 23.8 Å². The molecule has 3 N–H and O–H groups in total. The van der Waals surface area contributed by atoms with Gasteiger partial charge in [0.2, 0.25) is 0 Å².